The smallest absolute Gasteiger partial charge is 0.293 e. The van der Waals surface area contributed by atoms with Gasteiger partial charge in [0.25, 0.3) is 5.91 Å². The van der Waals surface area contributed by atoms with Crippen molar-refractivity contribution in [1.82, 2.24) is 0 Å². The molecule has 37 heavy (non-hydrogen) atoms. The molecule has 5 aromatic rings. The number of hydrogen-bond acceptors (Lipinski definition) is 4. The second kappa shape index (κ2) is 10.8. The molecule has 0 aliphatic rings. The van der Waals surface area contributed by atoms with Crippen LogP contribution in [0.1, 0.15) is 34.0 Å². The number of anilines is 2. The van der Waals surface area contributed by atoms with Crippen LogP contribution in [-0.2, 0) is 4.79 Å². The Labute approximate surface area is 214 Å². The number of methoxy groups -OCH3 is 1. The lowest BCUT2D eigenvalue weighted by Gasteiger charge is -2.18. The quantitative estimate of drug-likeness (QED) is 0.249. The second-order valence-corrected chi connectivity index (χ2v) is 8.61. The average molecular weight is 491 g/mol. The highest BCUT2D eigenvalue weighted by atomic mass is 16.5. The van der Waals surface area contributed by atoms with E-state index >= 15 is 0 Å². The highest BCUT2D eigenvalue weighted by molar-refractivity contribution is 6.14. The number of amides is 2. The fraction of sp³-hybridized carbons (Fsp3) is 0.0968. The summed E-state index contributed by atoms with van der Waals surface area (Å²) < 4.78 is 11.2. The number of hydrogen-bond donors (Lipinski definition) is 2. The number of carbonyl (C=O) groups excluding carboxylic acids is 2. The predicted molar refractivity (Wildman–Crippen MR) is 145 cm³/mol. The van der Waals surface area contributed by atoms with E-state index in [9.17, 15) is 9.59 Å². The van der Waals surface area contributed by atoms with Gasteiger partial charge in [0.05, 0.1) is 7.11 Å². The van der Waals surface area contributed by atoms with Gasteiger partial charge in [0.15, 0.2) is 0 Å². The maximum Gasteiger partial charge on any atom is 0.293 e. The Balaban J connectivity index is 1.44. The van der Waals surface area contributed by atoms with Gasteiger partial charge in [-0.3, -0.25) is 9.59 Å². The predicted octanol–water partition coefficient (Wildman–Crippen LogP) is 6.85. The summed E-state index contributed by atoms with van der Waals surface area (Å²) in [5.41, 5.74) is 3.49. The van der Waals surface area contributed by atoms with Crippen LogP contribution in [0.5, 0.6) is 5.75 Å². The Morgan fingerprint density at radius 2 is 1.43 bits per heavy atom. The minimum absolute atomic E-state index is 0.0355. The molecule has 1 aromatic heterocycles. The lowest BCUT2D eigenvalue weighted by Crippen LogP contribution is -2.19. The van der Waals surface area contributed by atoms with E-state index in [0.717, 1.165) is 11.1 Å². The number of para-hydroxylation sites is 1. The van der Waals surface area contributed by atoms with Gasteiger partial charge in [0.2, 0.25) is 11.7 Å². The Hall–Kier alpha value is -4.84. The maximum absolute atomic E-state index is 13.4. The molecule has 6 nitrogen and oxygen atoms in total. The minimum Gasteiger partial charge on any atom is -0.497 e. The Morgan fingerprint density at radius 3 is 2.11 bits per heavy atom. The van der Waals surface area contributed by atoms with Crippen LogP contribution in [0.3, 0.4) is 0 Å². The number of carbonyl (C=O) groups is 2. The van der Waals surface area contributed by atoms with Crippen molar-refractivity contribution in [3.63, 3.8) is 0 Å². The summed E-state index contributed by atoms with van der Waals surface area (Å²) in [5.74, 6) is -0.186. The van der Waals surface area contributed by atoms with Gasteiger partial charge in [-0.25, -0.2) is 0 Å². The molecule has 4 aromatic carbocycles. The van der Waals surface area contributed by atoms with Crippen molar-refractivity contribution >= 4 is 34.2 Å². The molecule has 0 saturated heterocycles. The van der Waals surface area contributed by atoms with Gasteiger partial charge in [-0.15, -0.1) is 0 Å². The molecule has 0 unspecified atom stereocenters. The highest BCUT2D eigenvalue weighted by Crippen LogP contribution is 2.33. The second-order valence-electron chi connectivity index (χ2n) is 8.61. The number of furan rings is 1. The number of ether oxygens (including phenoxy) is 1. The van der Waals surface area contributed by atoms with E-state index in [1.54, 1.807) is 37.4 Å². The van der Waals surface area contributed by atoms with E-state index in [0.29, 0.717) is 28.1 Å². The minimum atomic E-state index is -0.470. The van der Waals surface area contributed by atoms with E-state index in [4.69, 9.17) is 9.15 Å². The molecule has 2 amide bonds. The average Bonchev–Trinajstić information content (AvgIpc) is 3.31. The molecule has 0 aliphatic heterocycles. The summed E-state index contributed by atoms with van der Waals surface area (Å²) in [7, 11) is 1.56. The van der Waals surface area contributed by atoms with Crippen molar-refractivity contribution in [2.24, 2.45) is 0 Å². The van der Waals surface area contributed by atoms with Gasteiger partial charge < -0.3 is 19.8 Å². The first kappa shape index (κ1) is 23.9. The summed E-state index contributed by atoms with van der Waals surface area (Å²) in [4.78, 5) is 26.7. The number of fused-ring (bicyclic) bond motifs is 1. The van der Waals surface area contributed by atoms with Crippen LogP contribution in [0.15, 0.2) is 114 Å². The fourth-order valence-electron chi connectivity index (χ4n) is 4.39. The van der Waals surface area contributed by atoms with Gasteiger partial charge in [-0.1, -0.05) is 78.9 Å². The SMILES string of the molecule is COc1cccc(NC(=O)c2oc3ccccc3c2NC(=O)CC(c2ccccc2)c2ccccc2)c1. The molecular weight excluding hydrogens is 464 g/mol. The largest absolute Gasteiger partial charge is 0.497 e. The summed E-state index contributed by atoms with van der Waals surface area (Å²) in [6.07, 6.45) is 0.199. The summed E-state index contributed by atoms with van der Waals surface area (Å²) in [5, 5.41) is 6.47. The molecule has 0 spiro atoms. The molecule has 0 radical (unpaired) electrons. The first-order valence-electron chi connectivity index (χ1n) is 12.0. The van der Waals surface area contributed by atoms with Crippen LogP contribution < -0.4 is 15.4 Å². The molecule has 2 N–H and O–H groups in total. The molecule has 0 fully saturated rings. The third-order valence-corrected chi connectivity index (χ3v) is 6.19. The molecule has 0 aliphatic carbocycles. The van der Waals surface area contributed by atoms with Gasteiger partial charge in [0.1, 0.15) is 17.0 Å². The lowest BCUT2D eigenvalue weighted by atomic mass is 9.88. The van der Waals surface area contributed by atoms with Crippen molar-refractivity contribution in [3.8, 4) is 5.75 Å². The van der Waals surface area contributed by atoms with Crippen LogP contribution >= 0.6 is 0 Å². The monoisotopic (exact) mass is 490 g/mol. The molecule has 184 valence electrons. The van der Waals surface area contributed by atoms with E-state index in [1.807, 2.05) is 78.9 Å². The standard InChI is InChI=1S/C31H26N2O4/c1-36-24-16-10-15-23(19-24)32-31(35)30-29(25-17-8-9-18-27(25)37-30)33-28(34)20-26(21-11-4-2-5-12-21)22-13-6-3-7-14-22/h2-19,26H,20H2,1H3,(H,32,35)(H,33,34). The van der Waals surface area contributed by atoms with Gasteiger partial charge in [-0.2, -0.15) is 0 Å². The molecule has 0 atom stereocenters. The van der Waals surface area contributed by atoms with Crippen LogP contribution in [0.4, 0.5) is 11.4 Å². The van der Waals surface area contributed by atoms with Crippen molar-refractivity contribution in [2.75, 3.05) is 17.7 Å². The first-order valence-corrected chi connectivity index (χ1v) is 12.0. The zero-order valence-electron chi connectivity index (χ0n) is 20.3. The van der Waals surface area contributed by atoms with E-state index < -0.39 is 5.91 Å². The lowest BCUT2D eigenvalue weighted by molar-refractivity contribution is -0.116. The Morgan fingerprint density at radius 1 is 0.784 bits per heavy atom. The maximum atomic E-state index is 13.4. The van der Waals surface area contributed by atoms with Crippen LogP contribution in [0.2, 0.25) is 0 Å². The third-order valence-electron chi connectivity index (χ3n) is 6.19. The van der Waals surface area contributed by atoms with Crippen LogP contribution in [0.25, 0.3) is 11.0 Å². The molecule has 1 heterocycles. The van der Waals surface area contributed by atoms with Crippen molar-refractivity contribution in [3.05, 3.63) is 126 Å². The van der Waals surface area contributed by atoms with Crippen molar-refractivity contribution in [1.29, 1.82) is 0 Å². The van der Waals surface area contributed by atoms with Crippen molar-refractivity contribution in [2.45, 2.75) is 12.3 Å². The van der Waals surface area contributed by atoms with Crippen LogP contribution in [-0.4, -0.2) is 18.9 Å². The topological polar surface area (TPSA) is 80.6 Å². The Kier molecular flexibility index (Phi) is 6.99. The number of benzene rings is 4. The zero-order chi connectivity index (χ0) is 25.6. The van der Waals surface area contributed by atoms with Gasteiger partial charge in [0, 0.05) is 29.5 Å². The van der Waals surface area contributed by atoms with E-state index in [1.165, 1.54) is 0 Å². The molecule has 0 saturated carbocycles. The first-order chi connectivity index (χ1) is 18.1. The molecule has 6 heteroatoms. The van der Waals surface area contributed by atoms with Crippen LogP contribution in [0, 0.1) is 0 Å². The number of nitrogens with one attached hydrogen (secondary N) is 2. The van der Waals surface area contributed by atoms with Gasteiger partial charge in [-0.05, 0) is 35.4 Å². The molecular formula is C31H26N2O4. The van der Waals surface area contributed by atoms with Crippen molar-refractivity contribution < 1.29 is 18.7 Å². The summed E-state index contributed by atoms with van der Waals surface area (Å²) in [6, 6.07) is 34.1. The summed E-state index contributed by atoms with van der Waals surface area (Å²) >= 11 is 0. The van der Waals surface area contributed by atoms with E-state index in [2.05, 4.69) is 10.6 Å². The molecule has 0 bridgehead atoms. The fourth-order valence-corrected chi connectivity index (χ4v) is 4.39. The van der Waals surface area contributed by atoms with E-state index in [-0.39, 0.29) is 24.0 Å². The highest BCUT2D eigenvalue weighted by Gasteiger charge is 2.24. The third kappa shape index (κ3) is 5.38. The number of rotatable bonds is 8. The van der Waals surface area contributed by atoms with Gasteiger partial charge >= 0.3 is 0 Å². The zero-order valence-corrected chi connectivity index (χ0v) is 20.3. The molecule has 5 rings (SSSR count). The normalized spacial score (nSPS) is 10.9. The Bertz CT molecular complexity index is 1490. The summed E-state index contributed by atoms with van der Waals surface area (Å²) in [6.45, 7) is 0.